The van der Waals surface area contributed by atoms with Crippen molar-refractivity contribution in [1.29, 1.82) is 0 Å². The zero-order valence-corrected chi connectivity index (χ0v) is 21.4. The molecule has 4 rings (SSSR count). The predicted octanol–water partition coefficient (Wildman–Crippen LogP) is 3.52. The van der Waals surface area contributed by atoms with E-state index in [1.165, 1.54) is 24.1 Å². The van der Waals surface area contributed by atoms with Crippen molar-refractivity contribution in [2.45, 2.75) is 30.7 Å². The average Bonchev–Trinajstić information content (AvgIpc) is 3.25. The molecule has 1 N–H and O–H groups in total. The highest BCUT2D eigenvalue weighted by molar-refractivity contribution is 7.97. The van der Waals surface area contributed by atoms with Gasteiger partial charge in [-0.15, -0.1) is 0 Å². The van der Waals surface area contributed by atoms with Crippen LogP contribution in [-0.4, -0.2) is 80.0 Å². The van der Waals surface area contributed by atoms with Crippen LogP contribution >= 0.6 is 11.9 Å². The third kappa shape index (κ3) is 7.47. The number of likely N-dealkylation sites (tertiary alicyclic amines) is 1. The standard InChI is InChI=1S/C27H38N4O2S/c1-29-16-12-22(18-29)19-30(2)34-26-11-6-5-10-25(26)33-21-27(32)28-14-7-15-31-17-13-23-8-3-4-9-24(23)20-31/h3-6,8-11,22H,7,12-21H2,1-2H3,(H,28,32). The molecule has 2 aliphatic rings. The number of amides is 1. The molecule has 2 aromatic carbocycles. The third-order valence-electron chi connectivity index (χ3n) is 6.65. The Bertz CT molecular complexity index is 940. The number of benzene rings is 2. The Balaban J connectivity index is 1.14. The van der Waals surface area contributed by atoms with E-state index in [-0.39, 0.29) is 12.5 Å². The van der Waals surface area contributed by atoms with Crippen LogP contribution in [0.5, 0.6) is 5.75 Å². The van der Waals surface area contributed by atoms with Gasteiger partial charge >= 0.3 is 0 Å². The number of ether oxygens (including phenoxy) is 1. The van der Waals surface area contributed by atoms with Crippen LogP contribution in [-0.2, 0) is 17.8 Å². The summed E-state index contributed by atoms with van der Waals surface area (Å²) >= 11 is 1.69. The summed E-state index contributed by atoms with van der Waals surface area (Å²) in [6.45, 7) is 7.21. The van der Waals surface area contributed by atoms with E-state index in [1.807, 2.05) is 18.2 Å². The maximum atomic E-state index is 12.4. The van der Waals surface area contributed by atoms with Gasteiger partial charge in [-0.3, -0.25) is 9.69 Å². The van der Waals surface area contributed by atoms with Crippen molar-refractivity contribution in [1.82, 2.24) is 19.4 Å². The summed E-state index contributed by atoms with van der Waals surface area (Å²) in [4.78, 5) is 18.3. The van der Waals surface area contributed by atoms with E-state index in [1.54, 1.807) is 11.9 Å². The third-order valence-corrected chi connectivity index (χ3v) is 7.64. The van der Waals surface area contributed by atoms with Crippen LogP contribution < -0.4 is 10.1 Å². The summed E-state index contributed by atoms with van der Waals surface area (Å²) in [6, 6.07) is 16.7. The van der Waals surface area contributed by atoms with E-state index in [0.29, 0.717) is 12.5 Å². The van der Waals surface area contributed by atoms with Gasteiger partial charge in [0.2, 0.25) is 0 Å². The van der Waals surface area contributed by atoms with E-state index in [2.05, 4.69) is 63.8 Å². The van der Waals surface area contributed by atoms with Crippen molar-refractivity contribution >= 4 is 17.9 Å². The van der Waals surface area contributed by atoms with Crippen molar-refractivity contribution in [2.24, 2.45) is 5.92 Å². The van der Waals surface area contributed by atoms with Crippen molar-refractivity contribution in [2.75, 3.05) is 60.0 Å². The van der Waals surface area contributed by atoms with Gasteiger partial charge in [0.05, 0.1) is 4.90 Å². The number of fused-ring (bicyclic) bond motifs is 1. The molecule has 7 heteroatoms. The minimum atomic E-state index is -0.0638. The van der Waals surface area contributed by atoms with Gasteiger partial charge in [-0.2, -0.15) is 0 Å². The molecule has 2 aliphatic heterocycles. The maximum absolute atomic E-state index is 12.4. The van der Waals surface area contributed by atoms with Gasteiger partial charge in [0, 0.05) is 39.3 Å². The average molecular weight is 483 g/mol. The van der Waals surface area contributed by atoms with Gasteiger partial charge in [-0.25, -0.2) is 4.31 Å². The predicted molar refractivity (Wildman–Crippen MR) is 139 cm³/mol. The molecule has 34 heavy (non-hydrogen) atoms. The number of carbonyl (C=O) groups excluding carboxylic acids is 1. The molecule has 2 aromatic rings. The normalized spacial score (nSPS) is 18.7. The van der Waals surface area contributed by atoms with Crippen LogP contribution in [0.3, 0.4) is 0 Å². The number of para-hydroxylation sites is 1. The Labute approximate surface area is 208 Å². The maximum Gasteiger partial charge on any atom is 0.257 e. The topological polar surface area (TPSA) is 48.1 Å². The first kappa shape index (κ1) is 25.0. The molecule has 1 amide bonds. The van der Waals surface area contributed by atoms with Crippen LogP contribution in [0.2, 0.25) is 0 Å². The van der Waals surface area contributed by atoms with Gasteiger partial charge in [-0.1, -0.05) is 36.4 Å². The highest BCUT2D eigenvalue weighted by Gasteiger charge is 2.21. The largest absolute Gasteiger partial charge is 0.483 e. The molecule has 1 unspecified atom stereocenters. The second kappa shape index (κ2) is 12.6. The van der Waals surface area contributed by atoms with Crippen LogP contribution in [0.1, 0.15) is 24.0 Å². The number of carbonyl (C=O) groups is 1. The fraction of sp³-hybridized carbons (Fsp3) is 0.519. The van der Waals surface area contributed by atoms with Crippen molar-refractivity contribution < 1.29 is 9.53 Å². The lowest BCUT2D eigenvalue weighted by molar-refractivity contribution is -0.123. The Morgan fingerprint density at radius 3 is 2.76 bits per heavy atom. The van der Waals surface area contributed by atoms with Gasteiger partial charge in [-0.05, 0) is 81.0 Å². The minimum Gasteiger partial charge on any atom is -0.483 e. The summed E-state index contributed by atoms with van der Waals surface area (Å²) in [6.07, 6.45) is 3.31. The lowest BCUT2D eigenvalue weighted by atomic mass is 10.00. The monoisotopic (exact) mass is 482 g/mol. The molecule has 1 fully saturated rings. The molecular formula is C27H38N4O2S. The van der Waals surface area contributed by atoms with Gasteiger partial charge in [0.15, 0.2) is 6.61 Å². The molecule has 0 spiro atoms. The number of hydrogen-bond donors (Lipinski definition) is 1. The van der Waals surface area contributed by atoms with Crippen molar-refractivity contribution in [3.8, 4) is 5.75 Å². The highest BCUT2D eigenvalue weighted by atomic mass is 32.2. The molecule has 2 heterocycles. The lowest BCUT2D eigenvalue weighted by Crippen LogP contribution is -2.35. The number of rotatable bonds is 11. The summed E-state index contributed by atoms with van der Waals surface area (Å²) in [5.74, 6) is 1.41. The Morgan fingerprint density at radius 2 is 1.94 bits per heavy atom. The fourth-order valence-electron chi connectivity index (χ4n) is 4.86. The molecule has 6 nitrogen and oxygen atoms in total. The second-order valence-electron chi connectivity index (χ2n) is 9.55. The molecule has 0 aliphatic carbocycles. The second-order valence-corrected chi connectivity index (χ2v) is 10.8. The highest BCUT2D eigenvalue weighted by Crippen LogP contribution is 2.32. The molecule has 0 bridgehead atoms. The van der Waals surface area contributed by atoms with E-state index < -0.39 is 0 Å². The van der Waals surface area contributed by atoms with E-state index in [9.17, 15) is 4.79 Å². The van der Waals surface area contributed by atoms with E-state index in [0.717, 1.165) is 56.2 Å². The summed E-state index contributed by atoms with van der Waals surface area (Å²) in [7, 11) is 4.32. The first-order chi connectivity index (χ1) is 16.6. The molecule has 184 valence electrons. The minimum absolute atomic E-state index is 0.0474. The van der Waals surface area contributed by atoms with Crippen LogP contribution in [0.4, 0.5) is 0 Å². The molecule has 0 aromatic heterocycles. The first-order valence-electron chi connectivity index (χ1n) is 12.4. The number of nitrogens with zero attached hydrogens (tertiary/aromatic N) is 3. The van der Waals surface area contributed by atoms with Crippen molar-refractivity contribution in [3.05, 3.63) is 59.7 Å². The Morgan fingerprint density at radius 1 is 1.15 bits per heavy atom. The quantitative estimate of drug-likeness (QED) is 0.391. The SMILES string of the molecule is CN1CCC(CN(C)Sc2ccccc2OCC(=O)NCCCN2CCc3ccccc3C2)C1. The lowest BCUT2D eigenvalue weighted by Gasteiger charge is -2.28. The molecule has 0 radical (unpaired) electrons. The van der Waals surface area contributed by atoms with Gasteiger partial charge in [0.25, 0.3) is 5.91 Å². The van der Waals surface area contributed by atoms with E-state index >= 15 is 0 Å². The molecule has 1 saturated heterocycles. The molecule has 0 saturated carbocycles. The van der Waals surface area contributed by atoms with Crippen LogP contribution in [0, 0.1) is 5.92 Å². The zero-order chi connectivity index (χ0) is 23.8. The first-order valence-corrected chi connectivity index (χ1v) is 13.2. The summed E-state index contributed by atoms with van der Waals surface area (Å²) in [5.41, 5.74) is 2.91. The number of hydrogen-bond acceptors (Lipinski definition) is 6. The molecular weight excluding hydrogens is 444 g/mol. The van der Waals surface area contributed by atoms with Crippen LogP contribution in [0.15, 0.2) is 53.4 Å². The van der Waals surface area contributed by atoms with Crippen LogP contribution in [0.25, 0.3) is 0 Å². The van der Waals surface area contributed by atoms with Crippen molar-refractivity contribution in [3.63, 3.8) is 0 Å². The summed E-state index contributed by atoms with van der Waals surface area (Å²) < 4.78 is 8.18. The zero-order valence-electron chi connectivity index (χ0n) is 20.5. The molecule has 1 atom stereocenters. The fourth-order valence-corrected chi connectivity index (χ4v) is 5.84. The smallest absolute Gasteiger partial charge is 0.257 e. The number of nitrogens with one attached hydrogen (secondary N) is 1. The van der Waals surface area contributed by atoms with Gasteiger partial charge < -0.3 is 15.0 Å². The Hall–Kier alpha value is -2.06. The van der Waals surface area contributed by atoms with Gasteiger partial charge in [0.1, 0.15) is 5.75 Å². The van der Waals surface area contributed by atoms with E-state index in [4.69, 9.17) is 4.74 Å². The summed E-state index contributed by atoms with van der Waals surface area (Å²) in [5, 5.41) is 3.01. The Kier molecular flexibility index (Phi) is 9.27.